The van der Waals surface area contributed by atoms with Crippen LogP contribution in [0.5, 0.6) is 0 Å². The molecule has 1 aliphatic heterocycles. The van der Waals surface area contributed by atoms with E-state index in [1.54, 1.807) is 0 Å². The van der Waals surface area contributed by atoms with Crippen molar-refractivity contribution in [3.05, 3.63) is 0 Å². The van der Waals surface area contributed by atoms with Gasteiger partial charge in [-0.3, -0.25) is 9.59 Å². The lowest BCUT2D eigenvalue weighted by molar-refractivity contribution is -0.148. The number of ketones is 1. The largest absolute Gasteiger partial charge is 0.459 e. The zero-order valence-corrected chi connectivity index (χ0v) is 21.3. The third-order valence-corrected chi connectivity index (χ3v) is 10.1. The summed E-state index contributed by atoms with van der Waals surface area (Å²) in [5, 5.41) is 0. The summed E-state index contributed by atoms with van der Waals surface area (Å²) in [7, 11) is 0. The van der Waals surface area contributed by atoms with Gasteiger partial charge in [-0.2, -0.15) is 0 Å². The van der Waals surface area contributed by atoms with Gasteiger partial charge in [0, 0.05) is 19.8 Å². The Bertz CT molecular complexity index is 716. The van der Waals surface area contributed by atoms with E-state index in [4.69, 9.17) is 9.47 Å². The van der Waals surface area contributed by atoms with Crippen LogP contribution in [-0.4, -0.2) is 29.6 Å². The highest BCUT2D eigenvalue weighted by atomic mass is 16.6. The normalized spacial score (nSPS) is 44.5. The fourth-order valence-corrected chi connectivity index (χ4v) is 8.49. The fourth-order valence-electron chi connectivity index (χ4n) is 8.49. The number of ether oxygens (including phenoxy) is 2. The summed E-state index contributed by atoms with van der Waals surface area (Å²) in [6.07, 6.45) is 10.5. The first-order valence-electron chi connectivity index (χ1n) is 13.4. The van der Waals surface area contributed by atoms with Gasteiger partial charge >= 0.3 is 5.97 Å². The van der Waals surface area contributed by atoms with E-state index in [2.05, 4.69) is 34.6 Å². The lowest BCUT2D eigenvalue weighted by Crippen LogP contribution is -2.47. The molecule has 0 bridgehead atoms. The maximum absolute atomic E-state index is 12.8. The van der Waals surface area contributed by atoms with Gasteiger partial charge < -0.3 is 9.47 Å². The molecule has 0 aromatic carbocycles. The van der Waals surface area contributed by atoms with Crippen molar-refractivity contribution in [2.75, 3.05) is 0 Å². The van der Waals surface area contributed by atoms with Gasteiger partial charge in [0.05, 0.1) is 5.60 Å². The fraction of sp³-hybridized carbons (Fsp3) is 0.929. The quantitative estimate of drug-likeness (QED) is 0.352. The minimum atomic E-state index is -0.408. The number of fused-ring (bicyclic) bond motifs is 5. The second-order valence-electron chi connectivity index (χ2n) is 12.6. The first-order valence-corrected chi connectivity index (χ1v) is 13.4. The van der Waals surface area contributed by atoms with E-state index < -0.39 is 6.10 Å². The molecule has 3 aliphatic carbocycles. The Kier molecular flexibility index (Phi) is 6.85. The highest BCUT2D eigenvalue weighted by molar-refractivity contribution is 5.79. The van der Waals surface area contributed by atoms with Crippen molar-refractivity contribution in [2.45, 2.75) is 124 Å². The van der Waals surface area contributed by atoms with Crippen molar-refractivity contribution in [2.24, 2.45) is 40.9 Å². The number of epoxide rings is 1. The van der Waals surface area contributed by atoms with Gasteiger partial charge in [-0.05, 0) is 80.0 Å². The summed E-state index contributed by atoms with van der Waals surface area (Å²) in [6.45, 7) is 13.4. The van der Waals surface area contributed by atoms with E-state index in [0.29, 0.717) is 36.0 Å². The van der Waals surface area contributed by atoms with Gasteiger partial charge in [-0.15, -0.1) is 0 Å². The van der Waals surface area contributed by atoms with Gasteiger partial charge in [0.25, 0.3) is 0 Å². The number of hydrogen-bond donors (Lipinski definition) is 0. The molecule has 4 aliphatic rings. The van der Waals surface area contributed by atoms with Crippen molar-refractivity contribution < 1.29 is 19.1 Å². The Balaban J connectivity index is 1.51. The second-order valence-corrected chi connectivity index (χ2v) is 12.6. The lowest BCUT2D eigenvalue weighted by Gasteiger charge is -2.51. The van der Waals surface area contributed by atoms with Gasteiger partial charge in [0.15, 0.2) is 0 Å². The predicted octanol–water partition coefficient (Wildman–Crippen LogP) is 6.35. The van der Waals surface area contributed by atoms with Crippen LogP contribution in [0, 0.1) is 40.9 Å². The molecule has 0 radical (unpaired) electrons. The second kappa shape index (κ2) is 9.04. The SMILES string of the molecule is CC(=O)O[C@@H]1CC(=O)CC[C@H]2[C@@H]3CC[C@H]([C@H](C)CCCC(C)C)[C@@]3(C)CC[C@@H]2[C@@]2(C)O[C@@H]12. The number of carbonyl (C=O) groups is 2. The molecule has 0 N–H and O–H groups in total. The van der Waals surface area contributed by atoms with Gasteiger partial charge in [-0.25, -0.2) is 0 Å². The van der Waals surface area contributed by atoms with Gasteiger partial charge in [0.1, 0.15) is 18.0 Å². The molecular formula is C28H46O4. The van der Waals surface area contributed by atoms with E-state index in [1.165, 1.54) is 51.9 Å². The van der Waals surface area contributed by atoms with Crippen molar-refractivity contribution >= 4 is 11.8 Å². The molecule has 0 aromatic heterocycles. The summed E-state index contributed by atoms with van der Waals surface area (Å²) in [5.74, 6) is 4.04. The highest BCUT2D eigenvalue weighted by Crippen LogP contribution is 2.66. The van der Waals surface area contributed by atoms with Crippen LogP contribution < -0.4 is 0 Å². The number of rotatable bonds is 6. The van der Waals surface area contributed by atoms with Crippen LogP contribution >= 0.6 is 0 Å². The number of hydrogen-bond acceptors (Lipinski definition) is 4. The Morgan fingerprint density at radius 1 is 1.09 bits per heavy atom. The molecular weight excluding hydrogens is 400 g/mol. The van der Waals surface area contributed by atoms with Crippen molar-refractivity contribution in [3.8, 4) is 0 Å². The van der Waals surface area contributed by atoms with Crippen LogP contribution in [-0.2, 0) is 19.1 Å². The van der Waals surface area contributed by atoms with Crippen LogP contribution in [0.2, 0.25) is 0 Å². The molecule has 0 spiro atoms. The van der Waals surface area contributed by atoms with Crippen molar-refractivity contribution in [1.82, 2.24) is 0 Å². The first-order chi connectivity index (χ1) is 15.1. The van der Waals surface area contributed by atoms with Crippen LogP contribution in [0.25, 0.3) is 0 Å². The van der Waals surface area contributed by atoms with Crippen LogP contribution in [0.1, 0.15) is 106 Å². The molecule has 1 heterocycles. The standard InChI is InChI=1S/C28H46O4/c1-17(2)8-7-9-18(3)22-12-13-23-21-11-10-20(30)16-25(31-19(4)29)26-28(6,32-26)24(21)14-15-27(22,23)5/h17-18,21-26H,7-16H2,1-6H3/t18-,21+,22-,23+,24+,25-,26+,27-,28-/m1/s1. The van der Waals surface area contributed by atoms with Gasteiger partial charge in [0.2, 0.25) is 0 Å². The van der Waals surface area contributed by atoms with Gasteiger partial charge in [-0.1, -0.05) is 47.0 Å². The first kappa shape index (κ1) is 24.2. The Labute approximate surface area is 195 Å². The third kappa shape index (κ3) is 4.42. The highest BCUT2D eigenvalue weighted by Gasteiger charge is 2.67. The van der Waals surface area contributed by atoms with Crippen LogP contribution in [0.3, 0.4) is 0 Å². The minimum absolute atomic E-state index is 0.113. The average Bonchev–Trinajstić information content (AvgIpc) is 3.24. The van der Waals surface area contributed by atoms with Crippen molar-refractivity contribution in [1.29, 1.82) is 0 Å². The summed E-state index contributed by atoms with van der Waals surface area (Å²) >= 11 is 0. The Hall–Kier alpha value is -0.900. The summed E-state index contributed by atoms with van der Waals surface area (Å²) < 4.78 is 11.9. The molecule has 3 saturated carbocycles. The van der Waals surface area contributed by atoms with E-state index in [0.717, 1.165) is 24.2 Å². The number of Topliss-reactive ketones (excluding diaryl/α,β-unsaturated/α-hetero) is 1. The lowest BCUT2D eigenvalue weighted by atomic mass is 9.53. The summed E-state index contributed by atoms with van der Waals surface area (Å²) in [6, 6.07) is 0. The topological polar surface area (TPSA) is 55.9 Å². The van der Waals surface area contributed by atoms with E-state index >= 15 is 0 Å². The number of esters is 1. The molecule has 182 valence electrons. The predicted molar refractivity (Wildman–Crippen MR) is 126 cm³/mol. The summed E-state index contributed by atoms with van der Waals surface area (Å²) in [5.41, 5.74) is 0.156. The molecule has 1 saturated heterocycles. The molecule has 4 heteroatoms. The van der Waals surface area contributed by atoms with Crippen LogP contribution in [0.15, 0.2) is 0 Å². The molecule has 0 unspecified atom stereocenters. The van der Waals surface area contributed by atoms with Crippen molar-refractivity contribution in [3.63, 3.8) is 0 Å². The molecule has 32 heavy (non-hydrogen) atoms. The molecule has 4 rings (SSSR count). The Morgan fingerprint density at radius 2 is 1.84 bits per heavy atom. The average molecular weight is 447 g/mol. The summed E-state index contributed by atoms with van der Waals surface area (Å²) in [4.78, 5) is 24.5. The Morgan fingerprint density at radius 3 is 2.53 bits per heavy atom. The minimum Gasteiger partial charge on any atom is -0.459 e. The molecule has 4 nitrogen and oxygen atoms in total. The maximum atomic E-state index is 12.8. The van der Waals surface area contributed by atoms with E-state index in [1.807, 2.05) is 0 Å². The number of carbonyl (C=O) groups excluding carboxylic acids is 2. The third-order valence-electron chi connectivity index (χ3n) is 10.1. The molecule has 9 atom stereocenters. The smallest absolute Gasteiger partial charge is 0.303 e. The zero-order valence-electron chi connectivity index (χ0n) is 21.3. The van der Waals surface area contributed by atoms with E-state index in [-0.39, 0.29) is 23.5 Å². The maximum Gasteiger partial charge on any atom is 0.303 e. The van der Waals surface area contributed by atoms with Crippen LogP contribution in [0.4, 0.5) is 0 Å². The molecule has 0 aromatic rings. The monoisotopic (exact) mass is 446 g/mol. The molecule has 4 fully saturated rings. The molecule has 0 amide bonds. The van der Waals surface area contributed by atoms with E-state index in [9.17, 15) is 9.59 Å². The zero-order chi connectivity index (χ0) is 23.3.